The van der Waals surface area contributed by atoms with Crippen molar-refractivity contribution in [2.45, 2.75) is 24.9 Å². The molecule has 0 saturated heterocycles. The highest BCUT2D eigenvalue weighted by Gasteiger charge is 2.28. The molecule has 10 heteroatoms. The number of nitrogens with one attached hydrogen (secondary N) is 1. The molecule has 0 amide bonds. The highest BCUT2D eigenvalue weighted by Crippen LogP contribution is 2.31. The summed E-state index contributed by atoms with van der Waals surface area (Å²) in [5.74, 6) is -2.17. The standard InChI is InChI=1S/C15H11F4N3O2S/c1-7-3-10(16)11(4-12(7)25-6-15(17,18)19)22-13(23)9(5-20)8(2)21-14(22)24/h3-4H,6H2,1-2H3,(H,21,24). The maximum absolute atomic E-state index is 14.3. The summed E-state index contributed by atoms with van der Waals surface area (Å²) in [6.45, 7) is 2.75. The van der Waals surface area contributed by atoms with Gasteiger partial charge in [-0.1, -0.05) is 0 Å². The summed E-state index contributed by atoms with van der Waals surface area (Å²) in [7, 11) is 0. The van der Waals surface area contributed by atoms with Crippen LogP contribution < -0.4 is 11.2 Å². The fourth-order valence-corrected chi connectivity index (χ4v) is 2.92. The summed E-state index contributed by atoms with van der Waals surface area (Å²) in [6.07, 6.45) is -4.43. The molecular formula is C15H11F4N3O2S. The Labute approximate surface area is 142 Å². The summed E-state index contributed by atoms with van der Waals surface area (Å²) in [5.41, 5.74) is -2.68. The summed E-state index contributed by atoms with van der Waals surface area (Å²) < 4.78 is 51.9. The van der Waals surface area contributed by atoms with Crippen molar-refractivity contribution in [2.75, 3.05) is 5.75 Å². The minimum atomic E-state index is -4.43. The molecule has 1 heterocycles. The minimum absolute atomic E-state index is 0.0212. The highest BCUT2D eigenvalue weighted by atomic mass is 32.2. The van der Waals surface area contributed by atoms with E-state index in [-0.39, 0.29) is 21.7 Å². The van der Waals surface area contributed by atoms with Gasteiger partial charge in [-0.05, 0) is 31.5 Å². The third-order valence-electron chi connectivity index (χ3n) is 3.28. The molecule has 132 valence electrons. The van der Waals surface area contributed by atoms with E-state index in [0.29, 0.717) is 16.3 Å². The Hall–Kier alpha value is -2.54. The Morgan fingerprint density at radius 1 is 1.28 bits per heavy atom. The SMILES string of the molecule is Cc1cc(F)c(-n2c(=O)[nH]c(C)c(C#N)c2=O)cc1SCC(F)(F)F. The second kappa shape index (κ2) is 6.76. The van der Waals surface area contributed by atoms with Crippen molar-refractivity contribution in [2.24, 2.45) is 0 Å². The third-order valence-corrected chi connectivity index (χ3v) is 4.50. The Balaban J connectivity index is 2.67. The number of nitrogens with zero attached hydrogens (tertiary/aromatic N) is 2. The molecule has 25 heavy (non-hydrogen) atoms. The number of aromatic amines is 1. The average molecular weight is 373 g/mol. The lowest BCUT2D eigenvalue weighted by Gasteiger charge is -2.13. The van der Waals surface area contributed by atoms with E-state index in [1.54, 1.807) is 6.07 Å². The van der Waals surface area contributed by atoms with Crippen LogP contribution in [0, 0.1) is 31.0 Å². The van der Waals surface area contributed by atoms with Crippen LogP contribution in [-0.2, 0) is 0 Å². The molecule has 1 aromatic heterocycles. The molecule has 5 nitrogen and oxygen atoms in total. The molecule has 1 aromatic carbocycles. The number of halogens is 4. The van der Waals surface area contributed by atoms with Crippen LogP contribution in [-0.4, -0.2) is 21.5 Å². The zero-order valence-electron chi connectivity index (χ0n) is 13.0. The molecular weight excluding hydrogens is 362 g/mol. The quantitative estimate of drug-likeness (QED) is 0.663. The van der Waals surface area contributed by atoms with Crippen molar-refractivity contribution in [3.63, 3.8) is 0 Å². The molecule has 0 aliphatic heterocycles. The van der Waals surface area contributed by atoms with E-state index < -0.39 is 34.7 Å². The van der Waals surface area contributed by atoms with Crippen LogP contribution in [0.4, 0.5) is 17.6 Å². The number of aromatic nitrogens is 2. The molecule has 0 spiro atoms. The van der Waals surface area contributed by atoms with Gasteiger partial charge in [-0.3, -0.25) is 4.79 Å². The predicted molar refractivity (Wildman–Crippen MR) is 83.6 cm³/mol. The van der Waals surface area contributed by atoms with Crippen molar-refractivity contribution in [3.8, 4) is 11.8 Å². The van der Waals surface area contributed by atoms with Gasteiger partial charge < -0.3 is 4.98 Å². The maximum Gasteiger partial charge on any atom is 0.398 e. The molecule has 0 aliphatic rings. The first kappa shape index (κ1) is 18.8. The first-order valence-electron chi connectivity index (χ1n) is 6.81. The van der Waals surface area contributed by atoms with Crippen LogP contribution in [0.3, 0.4) is 0 Å². The van der Waals surface area contributed by atoms with Crippen molar-refractivity contribution in [1.82, 2.24) is 9.55 Å². The molecule has 0 saturated carbocycles. The number of hydrogen-bond acceptors (Lipinski definition) is 4. The summed E-state index contributed by atoms with van der Waals surface area (Å²) in [6, 6.07) is 3.54. The summed E-state index contributed by atoms with van der Waals surface area (Å²) in [5, 5.41) is 9.00. The third kappa shape index (κ3) is 3.93. The molecule has 0 radical (unpaired) electrons. The second-order valence-electron chi connectivity index (χ2n) is 5.16. The van der Waals surface area contributed by atoms with Crippen LogP contribution in [0.1, 0.15) is 16.8 Å². The van der Waals surface area contributed by atoms with Crippen LogP contribution in [0.2, 0.25) is 0 Å². The first-order valence-corrected chi connectivity index (χ1v) is 7.80. The zero-order chi connectivity index (χ0) is 18.9. The van der Waals surface area contributed by atoms with Crippen molar-refractivity contribution >= 4 is 11.8 Å². The predicted octanol–water partition coefficient (Wildman–Crippen LogP) is 2.81. The van der Waals surface area contributed by atoms with Crippen molar-refractivity contribution < 1.29 is 17.6 Å². The topological polar surface area (TPSA) is 78.7 Å². The molecule has 0 bridgehead atoms. The van der Waals surface area contributed by atoms with Gasteiger partial charge in [0.15, 0.2) is 0 Å². The number of aryl methyl sites for hydroxylation is 2. The van der Waals surface area contributed by atoms with E-state index in [1.165, 1.54) is 13.8 Å². The minimum Gasteiger partial charge on any atom is -0.310 e. The average Bonchev–Trinajstić information content (AvgIpc) is 2.47. The number of rotatable bonds is 3. The maximum atomic E-state index is 14.3. The lowest BCUT2D eigenvalue weighted by atomic mass is 10.2. The lowest BCUT2D eigenvalue weighted by molar-refractivity contribution is -0.105. The molecule has 2 rings (SSSR count). The van der Waals surface area contributed by atoms with E-state index in [0.717, 1.165) is 12.1 Å². The Morgan fingerprint density at radius 3 is 2.48 bits per heavy atom. The van der Waals surface area contributed by atoms with E-state index in [1.807, 2.05) is 0 Å². The van der Waals surface area contributed by atoms with Gasteiger partial charge in [0.05, 0.1) is 11.4 Å². The van der Waals surface area contributed by atoms with Crippen molar-refractivity contribution in [3.05, 3.63) is 55.6 Å². The van der Waals surface area contributed by atoms with Gasteiger partial charge in [0.2, 0.25) is 0 Å². The van der Waals surface area contributed by atoms with Gasteiger partial charge in [-0.15, -0.1) is 11.8 Å². The Bertz CT molecular complexity index is 986. The van der Waals surface area contributed by atoms with Crippen LogP contribution in [0.5, 0.6) is 0 Å². The lowest BCUT2D eigenvalue weighted by Crippen LogP contribution is -2.36. The number of alkyl halides is 3. The van der Waals surface area contributed by atoms with Crippen LogP contribution >= 0.6 is 11.8 Å². The zero-order valence-corrected chi connectivity index (χ0v) is 13.8. The van der Waals surface area contributed by atoms with Gasteiger partial charge in [-0.2, -0.15) is 18.4 Å². The second-order valence-corrected chi connectivity index (χ2v) is 6.17. The highest BCUT2D eigenvalue weighted by molar-refractivity contribution is 7.99. The largest absolute Gasteiger partial charge is 0.398 e. The molecule has 0 fully saturated rings. The van der Waals surface area contributed by atoms with Gasteiger partial charge in [0.25, 0.3) is 5.56 Å². The molecule has 0 aliphatic carbocycles. The Morgan fingerprint density at radius 2 is 1.92 bits per heavy atom. The molecule has 2 aromatic rings. The van der Waals surface area contributed by atoms with Gasteiger partial charge in [-0.25, -0.2) is 13.8 Å². The van der Waals surface area contributed by atoms with E-state index in [2.05, 4.69) is 4.98 Å². The first-order chi connectivity index (χ1) is 11.5. The number of hydrogen-bond donors (Lipinski definition) is 1. The van der Waals surface area contributed by atoms with Crippen LogP contribution in [0.15, 0.2) is 26.6 Å². The summed E-state index contributed by atoms with van der Waals surface area (Å²) >= 11 is 0.412. The molecule has 1 N–H and O–H groups in total. The van der Waals surface area contributed by atoms with Crippen molar-refractivity contribution in [1.29, 1.82) is 5.26 Å². The number of nitriles is 1. The van der Waals surface area contributed by atoms with E-state index in [4.69, 9.17) is 5.26 Å². The monoisotopic (exact) mass is 373 g/mol. The summed E-state index contributed by atoms with van der Waals surface area (Å²) in [4.78, 5) is 26.6. The van der Waals surface area contributed by atoms with E-state index >= 15 is 0 Å². The van der Waals surface area contributed by atoms with Crippen LogP contribution in [0.25, 0.3) is 5.69 Å². The normalized spacial score (nSPS) is 11.4. The fourth-order valence-electron chi connectivity index (χ4n) is 2.12. The van der Waals surface area contributed by atoms with E-state index in [9.17, 15) is 27.2 Å². The Kier molecular flexibility index (Phi) is 5.08. The molecule has 0 atom stereocenters. The molecule has 0 unspecified atom stereocenters. The van der Waals surface area contributed by atoms with Gasteiger partial charge in [0, 0.05) is 10.6 Å². The fraction of sp³-hybridized carbons (Fsp3) is 0.267. The number of H-pyrrole nitrogens is 1. The number of benzene rings is 1. The number of thioether (sulfide) groups is 1. The van der Waals surface area contributed by atoms with Gasteiger partial charge >= 0.3 is 11.9 Å². The van der Waals surface area contributed by atoms with Gasteiger partial charge in [0.1, 0.15) is 17.4 Å². The smallest absolute Gasteiger partial charge is 0.310 e.